The molecule has 1 aromatic heterocycles. The molecule has 0 fully saturated rings. The quantitative estimate of drug-likeness (QED) is 0.903. The third kappa shape index (κ3) is 3.08. The summed E-state index contributed by atoms with van der Waals surface area (Å²) in [4.78, 5) is 1.10. The monoisotopic (exact) mass is 249 g/mol. The van der Waals surface area contributed by atoms with Gasteiger partial charge in [0.05, 0.1) is 0 Å². The molecule has 5 heteroatoms. The van der Waals surface area contributed by atoms with Crippen molar-refractivity contribution in [1.29, 1.82) is 0 Å². The third-order valence-electron chi connectivity index (χ3n) is 2.53. The molecule has 0 bridgehead atoms. The van der Waals surface area contributed by atoms with Crippen LogP contribution in [-0.2, 0) is 0 Å². The van der Waals surface area contributed by atoms with Gasteiger partial charge in [0.2, 0.25) is 5.89 Å². The van der Waals surface area contributed by atoms with E-state index in [0.717, 1.165) is 4.90 Å². The van der Waals surface area contributed by atoms with Gasteiger partial charge in [-0.15, -0.1) is 10.2 Å². The van der Waals surface area contributed by atoms with Gasteiger partial charge in [-0.05, 0) is 43.4 Å². The predicted octanol–water partition coefficient (Wildman–Crippen LogP) is 2.81. The first-order valence-electron chi connectivity index (χ1n) is 5.44. The lowest BCUT2D eigenvalue weighted by Gasteiger charge is -2.10. The number of benzene rings is 1. The molecular weight excluding hydrogens is 234 g/mol. The Bertz CT molecular complexity index is 481. The Morgan fingerprint density at radius 2 is 1.94 bits per heavy atom. The number of hydrogen-bond acceptors (Lipinski definition) is 5. The highest BCUT2D eigenvalue weighted by atomic mass is 32.2. The average molecular weight is 249 g/mol. The number of aryl methyl sites for hydroxylation is 1. The molecule has 1 aromatic carbocycles. The second-order valence-electron chi connectivity index (χ2n) is 3.77. The number of nitrogens with zero attached hydrogens (tertiary/aromatic N) is 2. The molecule has 17 heavy (non-hydrogen) atoms. The average Bonchev–Trinajstić information content (AvgIpc) is 2.75. The van der Waals surface area contributed by atoms with Crippen LogP contribution >= 0.6 is 11.8 Å². The first-order valence-corrected chi connectivity index (χ1v) is 6.26. The van der Waals surface area contributed by atoms with E-state index in [1.54, 1.807) is 6.92 Å². The summed E-state index contributed by atoms with van der Waals surface area (Å²) in [7, 11) is 1.95. The molecule has 1 unspecified atom stereocenters. The summed E-state index contributed by atoms with van der Waals surface area (Å²) in [6, 6.07) is 8.69. The third-order valence-corrected chi connectivity index (χ3v) is 3.37. The summed E-state index contributed by atoms with van der Waals surface area (Å²) < 4.78 is 5.31. The Labute approximate surface area is 105 Å². The summed E-state index contributed by atoms with van der Waals surface area (Å²) in [5.41, 5.74) is 1.26. The van der Waals surface area contributed by atoms with Crippen LogP contribution in [0.2, 0.25) is 0 Å². The Balaban J connectivity index is 2.08. The van der Waals surface area contributed by atoms with E-state index in [2.05, 4.69) is 46.7 Å². The lowest BCUT2D eigenvalue weighted by molar-refractivity contribution is 0.429. The minimum atomic E-state index is 0.361. The van der Waals surface area contributed by atoms with Gasteiger partial charge in [-0.3, -0.25) is 0 Å². The molecule has 2 rings (SSSR count). The van der Waals surface area contributed by atoms with Gasteiger partial charge in [0.15, 0.2) is 0 Å². The highest BCUT2D eigenvalue weighted by Gasteiger charge is 2.06. The van der Waals surface area contributed by atoms with Crippen LogP contribution in [0, 0.1) is 6.92 Å². The van der Waals surface area contributed by atoms with E-state index in [-0.39, 0.29) is 0 Å². The molecule has 0 radical (unpaired) electrons. The largest absolute Gasteiger partial charge is 0.416 e. The highest BCUT2D eigenvalue weighted by Crippen LogP contribution is 2.27. The van der Waals surface area contributed by atoms with E-state index in [1.807, 2.05) is 7.05 Å². The van der Waals surface area contributed by atoms with Crippen molar-refractivity contribution in [3.63, 3.8) is 0 Å². The van der Waals surface area contributed by atoms with Crippen LogP contribution in [0.5, 0.6) is 0 Å². The minimum absolute atomic E-state index is 0.361. The van der Waals surface area contributed by atoms with Crippen LogP contribution in [0.1, 0.15) is 24.4 Å². The Hall–Kier alpha value is -1.33. The van der Waals surface area contributed by atoms with Crippen LogP contribution in [0.3, 0.4) is 0 Å². The molecule has 1 heterocycles. The fourth-order valence-electron chi connectivity index (χ4n) is 1.41. The van der Waals surface area contributed by atoms with Gasteiger partial charge in [0.25, 0.3) is 5.22 Å². The minimum Gasteiger partial charge on any atom is -0.416 e. The number of nitrogens with one attached hydrogen (secondary N) is 1. The van der Waals surface area contributed by atoms with Gasteiger partial charge in [-0.25, -0.2) is 0 Å². The maximum atomic E-state index is 5.31. The van der Waals surface area contributed by atoms with E-state index in [1.165, 1.54) is 17.3 Å². The highest BCUT2D eigenvalue weighted by molar-refractivity contribution is 7.99. The Kier molecular flexibility index (Phi) is 3.81. The smallest absolute Gasteiger partial charge is 0.281 e. The van der Waals surface area contributed by atoms with Gasteiger partial charge in [-0.1, -0.05) is 12.1 Å². The first-order chi connectivity index (χ1) is 8.19. The van der Waals surface area contributed by atoms with Crippen molar-refractivity contribution in [2.24, 2.45) is 0 Å². The Morgan fingerprint density at radius 3 is 2.47 bits per heavy atom. The zero-order valence-corrected chi connectivity index (χ0v) is 10.9. The maximum absolute atomic E-state index is 5.31. The molecule has 0 spiro atoms. The first kappa shape index (κ1) is 12.1. The van der Waals surface area contributed by atoms with E-state index in [9.17, 15) is 0 Å². The molecule has 0 aliphatic heterocycles. The van der Waals surface area contributed by atoms with Crippen LogP contribution in [-0.4, -0.2) is 17.2 Å². The van der Waals surface area contributed by atoms with Crippen LogP contribution in [0.4, 0.5) is 0 Å². The van der Waals surface area contributed by atoms with Crippen molar-refractivity contribution in [2.75, 3.05) is 7.05 Å². The fourth-order valence-corrected chi connectivity index (χ4v) is 2.13. The molecule has 0 saturated heterocycles. The topological polar surface area (TPSA) is 51.0 Å². The molecule has 4 nitrogen and oxygen atoms in total. The summed E-state index contributed by atoms with van der Waals surface area (Å²) in [6.07, 6.45) is 0. The molecule has 0 aliphatic rings. The normalized spacial score (nSPS) is 12.6. The standard InChI is InChI=1S/C12H15N3OS/c1-8(13-3)10-4-6-11(7-5-10)17-12-15-14-9(2)16-12/h4-8,13H,1-3H3. The molecule has 1 atom stereocenters. The maximum Gasteiger partial charge on any atom is 0.281 e. The zero-order chi connectivity index (χ0) is 12.3. The van der Waals surface area contributed by atoms with Gasteiger partial charge >= 0.3 is 0 Å². The van der Waals surface area contributed by atoms with Gasteiger partial charge in [0.1, 0.15) is 0 Å². The summed E-state index contributed by atoms with van der Waals surface area (Å²) >= 11 is 1.48. The van der Waals surface area contributed by atoms with E-state index in [4.69, 9.17) is 4.42 Å². The second-order valence-corrected chi connectivity index (χ2v) is 4.79. The molecule has 90 valence electrons. The van der Waals surface area contributed by atoms with Crippen molar-refractivity contribution in [2.45, 2.75) is 30.0 Å². The molecule has 2 aromatic rings. The van der Waals surface area contributed by atoms with E-state index < -0.39 is 0 Å². The summed E-state index contributed by atoms with van der Waals surface area (Å²) in [5, 5.41) is 11.5. The van der Waals surface area contributed by atoms with Crippen LogP contribution < -0.4 is 5.32 Å². The van der Waals surface area contributed by atoms with Crippen molar-refractivity contribution >= 4 is 11.8 Å². The second kappa shape index (κ2) is 5.33. The van der Waals surface area contributed by atoms with Crippen molar-refractivity contribution in [3.8, 4) is 0 Å². The molecule has 0 aliphatic carbocycles. The molecular formula is C12H15N3OS. The molecule has 1 N–H and O–H groups in total. The lowest BCUT2D eigenvalue weighted by Crippen LogP contribution is -2.11. The van der Waals surface area contributed by atoms with E-state index in [0.29, 0.717) is 17.2 Å². The molecule has 0 saturated carbocycles. The fraction of sp³-hybridized carbons (Fsp3) is 0.333. The van der Waals surface area contributed by atoms with Crippen LogP contribution in [0.25, 0.3) is 0 Å². The zero-order valence-electron chi connectivity index (χ0n) is 10.1. The SMILES string of the molecule is CNC(C)c1ccc(Sc2nnc(C)o2)cc1. The number of rotatable bonds is 4. The Morgan fingerprint density at radius 1 is 1.24 bits per heavy atom. The lowest BCUT2D eigenvalue weighted by atomic mass is 10.1. The van der Waals surface area contributed by atoms with Crippen LogP contribution in [0.15, 0.2) is 38.8 Å². The predicted molar refractivity (Wildman–Crippen MR) is 67.1 cm³/mol. The van der Waals surface area contributed by atoms with Gasteiger partial charge < -0.3 is 9.73 Å². The van der Waals surface area contributed by atoms with Gasteiger partial charge in [-0.2, -0.15) is 0 Å². The van der Waals surface area contributed by atoms with E-state index >= 15 is 0 Å². The number of hydrogen-bond donors (Lipinski definition) is 1. The van der Waals surface area contributed by atoms with Gasteiger partial charge in [0, 0.05) is 17.9 Å². The molecule has 0 amide bonds. The summed E-state index contributed by atoms with van der Waals surface area (Å²) in [5.74, 6) is 0.591. The van der Waals surface area contributed by atoms with Crippen molar-refractivity contribution in [3.05, 3.63) is 35.7 Å². The summed E-state index contributed by atoms with van der Waals surface area (Å²) in [6.45, 7) is 3.91. The van der Waals surface area contributed by atoms with Crippen molar-refractivity contribution < 1.29 is 4.42 Å². The van der Waals surface area contributed by atoms with Crippen molar-refractivity contribution in [1.82, 2.24) is 15.5 Å². The number of aromatic nitrogens is 2.